The van der Waals surface area contributed by atoms with Crippen LogP contribution in [0.1, 0.15) is 16.9 Å². The third kappa shape index (κ3) is 1.23. The molecule has 1 heteroatoms. The van der Waals surface area contributed by atoms with E-state index in [0.717, 1.165) is 17.8 Å². The first-order valence-electron chi connectivity index (χ1n) is 5.20. The summed E-state index contributed by atoms with van der Waals surface area (Å²) in [5.74, 6) is 1.07. The van der Waals surface area contributed by atoms with E-state index in [1.165, 1.54) is 16.5 Å². The van der Waals surface area contributed by atoms with Crippen LogP contribution >= 0.6 is 0 Å². The average molecular weight is 196 g/mol. The highest BCUT2D eigenvalue weighted by molar-refractivity contribution is 5.90. The van der Waals surface area contributed by atoms with Crippen LogP contribution in [0.2, 0.25) is 0 Å². The van der Waals surface area contributed by atoms with Crippen molar-refractivity contribution in [2.45, 2.75) is 13.3 Å². The largest absolute Gasteiger partial charge is 0.460 e. The van der Waals surface area contributed by atoms with Crippen molar-refractivity contribution in [2.75, 3.05) is 0 Å². The van der Waals surface area contributed by atoms with E-state index in [1.807, 2.05) is 0 Å². The van der Waals surface area contributed by atoms with Gasteiger partial charge >= 0.3 is 0 Å². The van der Waals surface area contributed by atoms with Gasteiger partial charge in [0.05, 0.1) is 0 Å². The number of furan rings is 1. The van der Waals surface area contributed by atoms with Crippen LogP contribution in [-0.2, 0) is 6.42 Å². The summed E-state index contributed by atoms with van der Waals surface area (Å²) in [6, 6.07) is 6.30. The first kappa shape index (κ1) is 8.54. The van der Waals surface area contributed by atoms with E-state index in [0.29, 0.717) is 0 Å². The smallest absolute Gasteiger partial charge is 0.137 e. The summed E-state index contributed by atoms with van der Waals surface area (Å²) in [7, 11) is 0. The minimum Gasteiger partial charge on any atom is -0.460 e. The molecule has 0 unspecified atom stereocenters. The van der Waals surface area contributed by atoms with Gasteiger partial charge in [-0.25, -0.2) is 0 Å². The van der Waals surface area contributed by atoms with Gasteiger partial charge < -0.3 is 4.42 Å². The minimum absolute atomic E-state index is 0.885. The molecule has 0 fully saturated rings. The Balaban J connectivity index is 2.39. The third-order valence-corrected chi connectivity index (χ3v) is 2.84. The molecule has 0 bridgehead atoms. The van der Waals surface area contributed by atoms with Crippen molar-refractivity contribution in [3.8, 4) is 0 Å². The second-order valence-electron chi connectivity index (χ2n) is 3.88. The van der Waals surface area contributed by atoms with Crippen molar-refractivity contribution >= 4 is 17.0 Å². The van der Waals surface area contributed by atoms with Crippen molar-refractivity contribution in [1.29, 1.82) is 0 Å². The molecule has 0 saturated carbocycles. The molecule has 1 aromatic heterocycles. The average Bonchev–Trinajstić information content (AvgIpc) is 2.45. The van der Waals surface area contributed by atoms with Crippen LogP contribution in [0.25, 0.3) is 17.0 Å². The molecule has 2 aromatic rings. The standard InChI is InChI=1S/C14H12O/c1-10-6-5-8-12-11-7-3-2-4-9-13(11)15-14(10)12/h2-8H,9H2,1H3. The molecule has 3 rings (SSSR count). The lowest BCUT2D eigenvalue weighted by molar-refractivity contribution is 0.562. The summed E-state index contributed by atoms with van der Waals surface area (Å²) in [5, 5.41) is 1.23. The van der Waals surface area contributed by atoms with Crippen molar-refractivity contribution in [2.24, 2.45) is 0 Å². The van der Waals surface area contributed by atoms with Gasteiger partial charge in [-0.1, -0.05) is 42.5 Å². The maximum Gasteiger partial charge on any atom is 0.137 e. The van der Waals surface area contributed by atoms with E-state index >= 15 is 0 Å². The van der Waals surface area contributed by atoms with Crippen molar-refractivity contribution in [3.63, 3.8) is 0 Å². The molecule has 0 saturated heterocycles. The molecular formula is C14H12O. The molecule has 0 amide bonds. The maximum absolute atomic E-state index is 5.90. The normalized spacial score (nSPS) is 14.2. The van der Waals surface area contributed by atoms with E-state index < -0.39 is 0 Å². The van der Waals surface area contributed by atoms with Crippen LogP contribution in [0, 0.1) is 6.92 Å². The second-order valence-corrected chi connectivity index (χ2v) is 3.88. The van der Waals surface area contributed by atoms with Gasteiger partial charge in [-0.15, -0.1) is 0 Å². The van der Waals surface area contributed by atoms with Crippen LogP contribution in [0.5, 0.6) is 0 Å². The summed E-state index contributed by atoms with van der Waals surface area (Å²) in [4.78, 5) is 0. The molecule has 0 atom stereocenters. The zero-order valence-corrected chi connectivity index (χ0v) is 8.66. The number of para-hydroxylation sites is 1. The Morgan fingerprint density at radius 3 is 3.07 bits per heavy atom. The Morgan fingerprint density at radius 2 is 2.13 bits per heavy atom. The van der Waals surface area contributed by atoms with E-state index in [9.17, 15) is 0 Å². The highest BCUT2D eigenvalue weighted by atomic mass is 16.3. The summed E-state index contributed by atoms with van der Waals surface area (Å²) in [5.41, 5.74) is 3.47. The van der Waals surface area contributed by atoms with Crippen LogP contribution in [0.15, 0.2) is 40.8 Å². The lowest BCUT2D eigenvalue weighted by atomic mass is 10.1. The molecule has 1 nitrogen and oxygen atoms in total. The highest BCUT2D eigenvalue weighted by Crippen LogP contribution is 2.30. The second kappa shape index (κ2) is 3.13. The first-order valence-corrected chi connectivity index (χ1v) is 5.20. The lowest BCUT2D eigenvalue weighted by Crippen LogP contribution is -1.77. The fraction of sp³-hybridized carbons (Fsp3) is 0.143. The highest BCUT2D eigenvalue weighted by Gasteiger charge is 2.12. The fourth-order valence-electron chi connectivity index (χ4n) is 2.07. The van der Waals surface area contributed by atoms with E-state index in [1.54, 1.807) is 0 Å². The summed E-state index contributed by atoms with van der Waals surface area (Å²) < 4.78 is 5.90. The lowest BCUT2D eigenvalue weighted by Gasteiger charge is -1.92. The number of benzene rings is 1. The summed E-state index contributed by atoms with van der Waals surface area (Å²) >= 11 is 0. The van der Waals surface area contributed by atoms with Gasteiger partial charge in [-0.05, 0) is 12.5 Å². The molecule has 1 heterocycles. The molecule has 1 aromatic carbocycles. The molecule has 1 aliphatic rings. The Hall–Kier alpha value is -1.76. The Labute approximate surface area is 88.7 Å². The molecule has 0 spiro atoms. The number of hydrogen-bond acceptors (Lipinski definition) is 1. The van der Waals surface area contributed by atoms with Gasteiger partial charge in [0.1, 0.15) is 11.3 Å². The Kier molecular flexibility index (Phi) is 1.78. The Morgan fingerprint density at radius 1 is 1.20 bits per heavy atom. The van der Waals surface area contributed by atoms with E-state index in [-0.39, 0.29) is 0 Å². The van der Waals surface area contributed by atoms with E-state index in [2.05, 4.69) is 49.4 Å². The van der Waals surface area contributed by atoms with Gasteiger partial charge in [-0.2, -0.15) is 0 Å². The zero-order valence-electron chi connectivity index (χ0n) is 8.66. The monoisotopic (exact) mass is 196 g/mol. The molecule has 15 heavy (non-hydrogen) atoms. The first-order chi connectivity index (χ1) is 7.36. The van der Waals surface area contributed by atoms with Crippen molar-refractivity contribution in [3.05, 3.63) is 53.3 Å². The van der Waals surface area contributed by atoms with Gasteiger partial charge in [0.25, 0.3) is 0 Å². The topological polar surface area (TPSA) is 13.1 Å². The van der Waals surface area contributed by atoms with Crippen LogP contribution in [0.4, 0.5) is 0 Å². The summed E-state index contributed by atoms with van der Waals surface area (Å²) in [6.45, 7) is 2.09. The quantitative estimate of drug-likeness (QED) is 0.623. The van der Waals surface area contributed by atoms with Crippen LogP contribution < -0.4 is 0 Å². The molecule has 1 aliphatic carbocycles. The Bertz CT molecular complexity index is 570. The van der Waals surface area contributed by atoms with Crippen molar-refractivity contribution in [1.82, 2.24) is 0 Å². The van der Waals surface area contributed by atoms with E-state index in [4.69, 9.17) is 4.42 Å². The number of aryl methyl sites for hydroxylation is 1. The van der Waals surface area contributed by atoms with Gasteiger partial charge in [0, 0.05) is 17.4 Å². The van der Waals surface area contributed by atoms with Crippen molar-refractivity contribution < 1.29 is 4.42 Å². The fourth-order valence-corrected chi connectivity index (χ4v) is 2.07. The third-order valence-electron chi connectivity index (χ3n) is 2.84. The molecule has 0 radical (unpaired) electrons. The van der Waals surface area contributed by atoms with Crippen LogP contribution in [0.3, 0.4) is 0 Å². The molecule has 0 aliphatic heterocycles. The predicted octanol–water partition coefficient (Wildman–Crippen LogP) is 3.87. The number of fused-ring (bicyclic) bond motifs is 3. The molecular weight excluding hydrogens is 184 g/mol. The number of rotatable bonds is 0. The number of allylic oxidation sites excluding steroid dienone is 3. The number of hydrogen-bond donors (Lipinski definition) is 0. The SMILES string of the molecule is Cc1cccc2c3c(oc12)CC=CC=C3. The molecule has 74 valence electrons. The zero-order chi connectivity index (χ0) is 10.3. The summed E-state index contributed by atoms with van der Waals surface area (Å²) in [6.07, 6.45) is 9.28. The van der Waals surface area contributed by atoms with Crippen LogP contribution in [-0.4, -0.2) is 0 Å². The maximum atomic E-state index is 5.90. The predicted molar refractivity (Wildman–Crippen MR) is 62.8 cm³/mol. The van der Waals surface area contributed by atoms with Gasteiger partial charge in [0.15, 0.2) is 0 Å². The molecule has 0 N–H and O–H groups in total. The minimum atomic E-state index is 0.885. The van der Waals surface area contributed by atoms with Gasteiger partial charge in [-0.3, -0.25) is 0 Å². The van der Waals surface area contributed by atoms with Gasteiger partial charge in [0.2, 0.25) is 0 Å².